The van der Waals surface area contributed by atoms with Crippen molar-refractivity contribution in [2.75, 3.05) is 5.32 Å². The maximum absolute atomic E-state index is 12.4. The number of halogens is 2. The monoisotopic (exact) mass is 393 g/mol. The number of alkyl halides is 2. The van der Waals surface area contributed by atoms with Crippen molar-refractivity contribution < 1.29 is 32.6 Å². The van der Waals surface area contributed by atoms with Crippen molar-refractivity contribution in [1.82, 2.24) is 0 Å². The van der Waals surface area contributed by atoms with Gasteiger partial charge in [-0.1, -0.05) is 12.1 Å². The summed E-state index contributed by atoms with van der Waals surface area (Å²) < 4.78 is 39.9. The number of anilines is 1. The van der Waals surface area contributed by atoms with Crippen molar-refractivity contribution in [3.05, 3.63) is 54.1 Å². The van der Waals surface area contributed by atoms with Crippen LogP contribution in [0.1, 0.15) is 31.1 Å². The van der Waals surface area contributed by atoms with E-state index in [0.29, 0.717) is 5.75 Å². The van der Waals surface area contributed by atoms with Crippen LogP contribution in [-0.4, -0.2) is 30.7 Å². The van der Waals surface area contributed by atoms with Gasteiger partial charge in [-0.15, -0.1) is 0 Å². The van der Waals surface area contributed by atoms with E-state index in [1.54, 1.807) is 18.2 Å². The summed E-state index contributed by atoms with van der Waals surface area (Å²) in [6.45, 7) is 2.11. The molecule has 2 rings (SSSR count). The molecule has 1 N–H and O–H groups in total. The molecule has 2 aromatic carbocycles. The molecule has 0 bridgehead atoms. The van der Waals surface area contributed by atoms with E-state index < -0.39 is 24.6 Å². The Kier molecular flexibility index (Phi) is 7.31. The van der Waals surface area contributed by atoms with E-state index in [-0.39, 0.29) is 23.1 Å². The third-order valence-corrected chi connectivity index (χ3v) is 3.48. The predicted molar refractivity (Wildman–Crippen MR) is 98.8 cm³/mol. The van der Waals surface area contributed by atoms with Crippen LogP contribution in [0.25, 0.3) is 0 Å². The van der Waals surface area contributed by atoms with Gasteiger partial charge in [-0.3, -0.25) is 4.79 Å². The highest BCUT2D eigenvalue weighted by molar-refractivity contribution is 5.98. The molecule has 0 aliphatic carbocycles. The number of benzene rings is 2. The molecule has 150 valence electrons. The summed E-state index contributed by atoms with van der Waals surface area (Å²) >= 11 is 0. The van der Waals surface area contributed by atoms with Crippen molar-refractivity contribution in [1.29, 1.82) is 0 Å². The number of carbonyl (C=O) groups is 2. The average molecular weight is 393 g/mol. The van der Waals surface area contributed by atoms with Gasteiger partial charge < -0.3 is 19.5 Å². The van der Waals surface area contributed by atoms with Gasteiger partial charge in [-0.25, -0.2) is 4.79 Å². The summed E-state index contributed by atoms with van der Waals surface area (Å²) in [4.78, 5) is 24.4. The molecule has 0 fully saturated rings. The minimum absolute atomic E-state index is 0.00144. The Balaban J connectivity index is 1.98. The second-order valence-corrected chi connectivity index (χ2v) is 6.10. The molecule has 0 unspecified atom stereocenters. The molecule has 6 nitrogen and oxygen atoms in total. The second-order valence-electron chi connectivity index (χ2n) is 6.10. The van der Waals surface area contributed by atoms with Crippen molar-refractivity contribution >= 4 is 17.6 Å². The quantitative estimate of drug-likeness (QED) is 0.679. The Hall–Kier alpha value is -3.16. The first-order valence-corrected chi connectivity index (χ1v) is 8.58. The normalized spacial score (nSPS) is 11.8. The molecular weight excluding hydrogens is 372 g/mol. The predicted octanol–water partition coefficient (Wildman–Crippen LogP) is 4.26. The average Bonchev–Trinajstić information content (AvgIpc) is 2.62. The summed E-state index contributed by atoms with van der Waals surface area (Å²) in [5.41, 5.74) is 0.295. The summed E-state index contributed by atoms with van der Waals surface area (Å²) in [5.74, 6) is -0.965. The highest BCUT2D eigenvalue weighted by Gasteiger charge is 2.21. The molecule has 1 atom stereocenters. The van der Waals surface area contributed by atoms with Crippen molar-refractivity contribution in [2.45, 2.75) is 39.6 Å². The highest BCUT2D eigenvalue weighted by Crippen LogP contribution is 2.25. The van der Waals surface area contributed by atoms with Crippen LogP contribution in [0, 0.1) is 0 Å². The smallest absolute Gasteiger partial charge is 0.387 e. The topological polar surface area (TPSA) is 73.9 Å². The van der Waals surface area contributed by atoms with Gasteiger partial charge in [0.25, 0.3) is 5.91 Å². The Morgan fingerprint density at radius 1 is 0.929 bits per heavy atom. The molecule has 0 radical (unpaired) electrons. The first-order valence-electron chi connectivity index (χ1n) is 8.58. The van der Waals surface area contributed by atoms with Gasteiger partial charge in [-0.2, -0.15) is 8.78 Å². The molecule has 0 aliphatic heterocycles. The largest absolute Gasteiger partial charge is 0.491 e. The number of esters is 1. The van der Waals surface area contributed by atoms with Gasteiger partial charge in [-0.05, 0) is 57.2 Å². The molecule has 0 spiro atoms. The van der Waals surface area contributed by atoms with Gasteiger partial charge in [0.2, 0.25) is 0 Å². The third kappa shape index (κ3) is 6.22. The lowest BCUT2D eigenvalue weighted by molar-refractivity contribution is -0.123. The van der Waals surface area contributed by atoms with E-state index in [2.05, 4.69) is 10.1 Å². The summed E-state index contributed by atoms with van der Waals surface area (Å²) in [7, 11) is 0. The summed E-state index contributed by atoms with van der Waals surface area (Å²) in [6.07, 6.45) is -1.16. The van der Waals surface area contributed by atoms with Crippen molar-refractivity contribution in [2.24, 2.45) is 0 Å². The van der Waals surface area contributed by atoms with Gasteiger partial charge >= 0.3 is 12.6 Å². The minimum atomic E-state index is -3.03. The van der Waals surface area contributed by atoms with Gasteiger partial charge in [0.1, 0.15) is 11.5 Å². The highest BCUT2D eigenvalue weighted by atomic mass is 19.3. The molecule has 8 heteroatoms. The lowest BCUT2D eigenvalue weighted by Gasteiger charge is -2.16. The van der Waals surface area contributed by atoms with Crippen LogP contribution in [0.5, 0.6) is 11.5 Å². The molecule has 0 saturated heterocycles. The fraction of sp³-hybridized carbons (Fsp3) is 0.300. The van der Waals surface area contributed by atoms with Crippen LogP contribution in [0.3, 0.4) is 0 Å². The number of carbonyl (C=O) groups excluding carboxylic acids is 2. The Morgan fingerprint density at radius 3 is 2.18 bits per heavy atom. The first-order chi connectivity index (χ1) is 13.3. The van der Waals surface area contributed by atoms with Gasteiger partial charge in [0, 0.05) is 0 Å². The van der Waals surface area contributed by atoms with Crippen LogP contribution in [0.15, 0.2) is 48.5 Å². The van der Waals surface area contributed by atoms with E-state index in [0.717, 1.165) is 0 Å². The van der Waals surface area contributed by atoms with Crippen LogP contribution < -0.4 is 14.8 Å². The number of para-hydroxylation sites is 2. The van der Waals surface area contributed by atoms with Crippen molar-refractivity contribution in [3.8, 4) is 11.5 Å². The Labute approximate surface area is 161 Å². The second kappa shape index (κ2) is 9.68. The van der Waals surface area contributed by atoms with E-state index in [1.807, 2.05) is 13.8 Å². The van der Waals surface area contributed by atoms with Crippen LogP contribution in [0.4, 0.5) is 14.5 Å². The van der Waals surface area contributed by atoms with Crippen molar-refractivity contribution in [3.63, 3.8) is 0 Å². The molecule has 0 saturated carbocycles. The van der Waals surface area contributed by atoms with Crippen LogP contribution >= 0.6 is 0 Å². The molecular formula is C20H21F2NO5. The zero-order valence-electron chi connectivity index (χ0n) is 15.6. The number of amides is 1. The molecule has 28 heavy (non-hydrogen) atoms. The maximum atomic E-state index is 12.4. The Bertz CT molecular complexity index is 808. The number of hydrogen-bond acceptors (Lipinski definition) is 5. The maximum Gasteiger partial charge on any atom is 0.387 e. The third-order valence-electron chi connectivity index (χ3n) is 3.48. The SMILES string of the molecule is CC(C)Oc1ccc(C(=O)O[C@H](C)C(=O)Nc2ccccc2OC(F)F)cc1. The first kappa shape index (κ1) is 21.1. The van der Waals surface area contributed by atoms with Gasteiger partial charge in [0.15, 0.2) is 6.10 Å². The summed E-state index contributed by atoms with van der Waals surface area (Å²) in [5, 5.41) is 2.41. The van der Waals surface area contributed by atoms with Crippen LogP contribution in [0.2, 0.25) is 0 Å². The van der Waals surface area contributed by atoms with Crippen LogP contribution in [-0.2, 0) is 9.53 Å². The summed E-state index contributed by atoms with van der Waals surface area (Å²) in [6, 6.07) is 12.0. The van der Waals surface area contributed by atoms with E-state index in [4.69, 9.17) is 9.47 Å². The Morgan fingerprint density at radius 2 is 1.57 bits per heavy atom. The zero-order chi connectivity index (χ0) is 20.7. The molecule has 1 amide bonds. The molecule has 0 aliphatic rings. The number of hydrogen-bond donors (Lipinski definition) is 1. The molecule has 2 aromatic rings. The number of rotatable bonds is 8. The number of nitrogens with one attached hydrogen (secondary N) is 1. The lowest BCUT2D eigenvalue weighted by Crippen LogP contribution is -2.30. The van der Waals surface area contributed by atoms with E-state index >= 15 is 0 Å². The minimum Gasteiger partial charge on any atom is -0.491 e. The van der Waals surface area contributed by atoms with E-state index in [9.17, 15) is 18.4 Å². The number of ether oxygens (including phenoxy) is 3. The molecule has 0 heterocycles. The fourth-order valence-electron chi connectivity index (χ4n) is 2.23. The zero-order valence-corrected chi connectivity index (χ0v) is 15.6. The fourth-order valence-corrected chi connectivity index (χ4v) is 2.23. The van der Waals surface area contributed by atoms with E-state index in [1.165, 1.54) is 37.3 Å². The molecule has 0 aromatic heterocycles. The van der Waals surface area contributed by atoms with Gasteiger partial charge in [0.05, 0.1) is 17.4 Å². The lowest BCUT2D eigenvalue weighted by atomic mass is 10.2. The standard InChI is InChI=1S/C20H21F2NO5/c1-12(2)26-15-10-8-14(9-11-15)19(25)27-13(3)18(24)23-16-6-4-5-7-17(16)28-20(21)22/h4-13,20H,1-3H3,(H,23,24)/t13-/m1/s1.